The molecule has 8 nitrogen and oxygen atoms in total. The Hall–Kier alpha value is -3.29. The van der Waals surface area contributed by atoms with Crippen molar-refractivity contribution in [2.75, 3.05) is 0 Å². The van der Waals surface area contributed by atoms with E-state index in [1.54, 1.807) is 26.0 Å². The quantitative estimate of drug-likeness (QED) is 0.714. The highest BCUT2D eigenvalue weighted by molar-refractivity contribution is 5.42. The summed E-state index contributed by atoms with van der Waals surface area (Å²) in [5.74, 6) is 0.133. The van der Waals surface area contributed by atoms with Crippen molar-refractivity contribution in [3.05, 3.63) is 68.0 Å². The van der Waals surface area contributed by atoms with Crippen molar-refractivity contribution in [3.8, 4) is 5.95 Å². The van der Waals surface area contributed by atoms with E-state index in [0.717, 1.165) is 0 Å². The summed E-state index contributed by atoms with van der Waals surface area (Å²) in [6.07, 6.45) is 0.573. The smallest absolute Gasteiger partial charge is 0.291 e. The van der Waals surface area contributed by atoms with E-state index < -0.39 is 5.56 Å². The molecule has 1 aromatic carbocycles. The van der Waals surface area contributed by atoms with E-state index in [1.807, 2.05) is 25.1 Å². The van der Waals surface area contributed by atoms with Gasteiger partial charge in [0.25, 0.3) is 5.56 Å². The van der Waals surface area contributed by atoms with Gasteiger partial charge in [0.1, 0.15) is 0 Å². The van der Waals surface area contributed by atoms with Crippen LogP contribution in [0.5, 0.6) is 0 Å². The molecule has 0 fully saturated rings. The van der Waals surface area contributed by atoms with Gasteiger partial charge in [-0.3, -0.25) is 19.7 Å². The Bertz CT molecular complexity index is 1040. The summed E-state index contributed by atoms with van der Waals surface area (Å²) in [5, 5.41) is 11.0. The third-order valence-electron chi connectivity index (χ3n) is 3.84. The molecule has 0 saturated heterocycles. The Balaban J connectivity index is 2.05. The topological polar surface area (TPSA) is 108 Å². The zero-order valence-electron chi connectivity index (χ0n) is 14.2. The highest BCUT2D eigenvalue weighted by Gasteiger charge is 2.15. The maximum Gasteiger partial charge on any atom is 0.301 e. The van der Waals surface area contributed by atoms with E-state index in [-0.39, 0.29) is 17.2 Å². The van der Waals surface area contributed by atoms with Crippen LogP contribution >= 0.6 is 0 Å². The molecule has 2 N–H and O–H groups in total. The normalized spacial score (nSPS) is 11.3. The molecule has 0 aliphatic rings. The first-order chi connectivity index (χ1) is 12.0. The molecule has 25 heavy (non-hydrogen) atoms. The summed E-state index contributed by atoms with van der Waals surface area (Å²) >= 11 is 0. The number of aromatic nitrogens is 4. The number of nitrogens with one attached hydrogen (secondary N) is 2. The lowest BCUT2D eigenvalue weighted by Gasteiger charge is -2.05. The molecular formula is C17H18N6O2. The third kappa shape index (κ3) is 3.18. The lowest BCUT2D eigenvalue weighted by molar-refractivity contribution is 0.755. The van der Waals surface area contributed by atoms with Crippen LogP contribution in [-0.4, -0.2) is 19.7 Å². The molecule has 128 valence electrons. The van der Waals surface area contributed by atoms with E-state index in [4.69, 9.17) is 0 Å². The molecular weight excluding hydrogens is 320 g/mol. The molecule has 0 aliphatic heterocycles. The number of nitrogens with zero attached hydrogens (tertiary/aromatic N) is 4. The number of hydrogen-bond acceptors (Lipinski definition) is 5. The maximum atomic E-state index is 12.6. The van der Waals surface area contributed by atoms with Crippen LogP contribution in [0.25, 0.3) is 5.95 Å². The summed E-state index contributed by atoms with van der Waals surface area (Å²) < 4.78 is 1.17. The van der Waals surface area contributed by atoms with Crippen LogP contribution in [-0.2, 0) is 6.42 Å². The maximum absolute atomic E-state index is 12.6. The van der Waals surface area contributed by atoms with E-state index in [9.17, 15) is 9.59 Å². The van der Waals surface area contributed by atoms with Gasteiger partial charge in [-0.15, -0.1) is 5.11 Å². The van der Waals surface area contributed by atoms with Gasteiger partial charge in [0.2, 0.25) is 5.95 Å². The molecule has 3 rings (SSSR count). The van der Waals surface area contributed by atoms with Gasteiger partial charge in [-0.2, -0.15) is 9.80 Å². The molecule has 0 saturated carbocycles. The molecule has 0 aliphatic carbocycles. The fourth-order valence-electron chi connectivity index (χ4n) is 2.52. The molecule has 8 heteroatoms. The molecule has 0 amide bonds. The number of aromatic amines is 2. The van der Waals surface area contributed by atoms with E-state index in [1.165, 1.54) is 4.68 Å². The second-order valence-corrected chi connectivity index (χ2v) is 5.57. The Labute approximate surface area is 143 Å². The number of azo groups is 1. The Morgan fingerprint density at radius 1 is 1.12 bits per heavy atom. The van der Waals surface area contributed by atoms with E-state index in [0.29, 0.717) is 29.1 Å². The van der Waals surface area contributed by atoms with Crippen LogP contribution in [0.15, 0.2) is 50.1 Å². The minimum Gasteiger partial charge on any atom is -0.291 e. The van der Waals surface area contributed by atoms with Gasteiger partial charge < -0.3 is 0 Å². The summed E-state index contributed by atoms with van der Waals surface area (Å²) in [6, 6.07) is 9.12. The highest BCUT2D eigenvalue weighted by atomic mass is 16.1. The van der Waals surface area contributed by atoms with Crippen LogP contribution in [0.1, 0.15) is 23.9 Å². The van der Waals surface area contributed by atoms with Crippen molar-refractivity contribution in [2.24, 2.45) is 10.2 Å². The van der Waals surface area contributed by atoms with Gasteiger partial charge in [-0.05, 0) is 32.4 Å². The van der Waals surface area contributed by atoms with E-state index >= 15 is 0 Å². The van der Waals surface area contributed by atoms with Crippen LogP contribution < -0.4 is 11.1 Å². The fraction of sp³-hybridized carbons (Fsp3) is 0.235. The molecule has 0 atom stereocenters. The molecule has 2 heterocycles. The zero-order chi connectivity index (χ0) is 18.0. The van der Waals surface area contributed by atoms with Crippen LogP contribution in [0.3, 0.4) is 0 Å². The summed E-state index contributed by atoms with van der Waals surface area (Å²) in [7, 11) is 0. The first kappa shape index (κ1) is 16.6. The van der Waals surface area contributed by atoms with Gasteiger partial charge in [-0.1, -0.05) is 25.1 Å². The van der Waals surface area contributed by atoms with Gasteiger partial charge in [0.05, 0.1) is 11.4 Å². The molecule has 0 bridgehead atoms. The minimum atomic E-state index is -0.427. The first-order valence-corrected chi connectivity index (χ1v) is 7.89. The van der Waals surface area contributed by atoms with Crippen LogP contribution in [0, 0.1) is 13.8 Å². The number of aryl methyl sites for hydroxylation is 2. The second-order valence-electron chi connectivity index (χ2n) is 5.57. The lowest BCUT2D eigenvalue weighted by Crippen LogP contribution is -2.24. The van der Waals surface area contributed by atoms with Crippen molar-refractivity contribution < 1.29 is 0 Å². The Kier molecular flexibility index (Phi) is 4.42. The molecule has 2 aromatic heterocycles. The van der Waals surface area contributed by atoms with Gasteiger partial charge in [-0.25, -0.2) is 4.98 Å². The van der Waals surface area contributed by atoms with Crippen molar-refractivity contribution in [1.82, 2.24) is 19.7 Å². The number of hydrogen-bond donors (Lipinski definition) is 2. The van der Waals surface area contributed by atoms with Gasteiger partial charge >= 0.3 is 5.56 Å². The predicted molar refractivity (Wildman–Crippen MR) is 94.3 cm³/mol. The van der Waals surface area contributed by atoms with Crippen LogP contribution in [0.2, 0.25) is 0 Å². The third-order valence-corrected chi connectivity index (χ3v) is 3.84. The molecule has 0 radical (unpaired) electrons. The highest BCUT2D eigenvalue weighted by Crippen LogP contribution is 2.17. The molecule has 0 unspecified atom stereocenters. The fourth-order valence-corrected chi connectivity index (χ4v) is 2.52. The summed E-state index contributed by atoms with van der Waals surface area (Å²) in [5.41, 5.74) is 1.86. The Morgan fingerprint density at radius 2 is 1.84 bits per heavy atom. The van der Waals surface area contributed by atoms with Crippen LogP contribution in [0.4, 0.5) is 11.4 Å². The van der Waals surface area contributed by atoms with Crippen molar-refractivity contribution >= 4 is 11.4 Å². The summed E-state index contributed by atoms with van der Waals surface area (Å²) in [6.45, 7) is 5.34. The summed E-state index contributed by atoms with van der Waals surface area (Å²) in [4.78, 5) is 31.7. The average molecular weight is 338 g/mol. The average Bonchev–Trinajstić information content (AvgIpc) is 2.88. The first-order valence-electron chi connectivity index (χ1n) is 7.89. The lowest BCUT2D eigenvalue weighted by atomic mass is 10.2. The minimum absolute atomic E-state index is 0.133. The molecule has 3 aromatic rings. The zero-order valence-corrected chi connectivity index (χ0v) is 14.2. The van der Waals surface area contributed by atoms with Gasteiger partial charge in [0.15, 0.2) is 5.69 Å². The largest absolute Gasteiger partial charge is 0.301 e. The standard InChI is InChI=1S/C17H18N6O2/c1-4-13-10(2)18-17(19-15(13)24)23-16(25)14(11(3)22-23)21-20-12-8-6-5-7-9-12/h5-9,22H,4H2,1-3H3,(H,18,19,24). The number of H-pyrrole nitrogens is 2. The Morgan fingerprint density at radius 3 is 2.48 bits per heavy atom. The monoisotopic (exact) mass is 338 g/mol. The SMILES string of the molecule is CCc1c(C)nc(-n2[nH]c(C)c(N=Nc3ccccc3)c2=O)[nH]c1=O. The molecule has 0 spiro atoms. The van der Waals surface area contributed by atoms with Crippen molar-refractivity contribution in [3.63, 3.8) is 0 Å². The predicted octanol–water partition coefficient (Wildman–Crippen LogP) is 2.84. The number of benzene rings is 1. The van der Waals surface area contributed by atoms with E-state index in [2.05, 4.69) is 25.3 Å². The van der Waals surface area contributed by atoms with Crippen molar-refractivity contribution in [2.45, 2.75) is 27.2 Å². The van der Waals surface area contributed by atoms with Gasteiger partial charge in [0, 0.05) is 11.3 Å². The second kappa shape index (κ2) is 6.68. The number of rotatable bonds is 4. The van der Waals surface area contributed by atoms with Crippen molar-refractivity contribution in [1.29, 1.82) is 0 Å².